The number of esters is 1. The van der Waals surface area contributed by atoms with Crippen LogP contribution in [0.5, 0.6) is 0 Å². The number of hydrogen-bond acceptors (Lipinski definition) is 6. The number of aromatic nitrogens is 3. The van der Waals surface area contributed by atoms with Gasteiger partial charge in [0.2, 0.25) is 0 Å². The summed E-state index contributed by atoms with van der Waals surface area (Å²) in [7, 11) is 0. The van der Waals surface area contributed by atoms with E-state index in [0.717, 1.165) is 6.07 Å². The molecule has 7 nitrogen and oxygen atoms in total. The molecule has 0 bridgehead atoms. The van der Waals surface area contributed by atoms with Crippen molar-refractivity contribution in [2.45, 2.75) is 14.4 Å². The van der Waals surface area contributed by atoms with E-state index in [1.54, 1.807) is 6.92 Å². The van der Waals surface area contributed by atoms with E-state index in [2.05, 4.69) is 10.1 Å². The van der Waals surface area contributed by atoms with Crippen molar-refractivity contribution in [2.75, 3.05) is 18.1 Å². The summed E-state index contributed by atoms with van der Waals surface area (Å²) in [4.78, 5) is 15.4. The van der Waals surface area contributed by atoms with Gasteiger partial charge >= 0.3 is 5.97 Å². The lowest BCUT2D eigenvalue weighted by atomic mass is 10.3. The van der Waals surface area contributed by atoms with Gasteiger partial charge in [-0.05, 0) is 19.1 Å². The van der Waals surface area contributed by atoms with Crippen LogP contribution in [0, 0.1) is 5.82 Å². The second-order valence-electron chi connectivity index (χ2n) is 3.61. The highest BCUT2D eigenvalue weighted by molar-refractivity contribution is 5.94. The van der Waals surface area contributed by atoms with Gasteiger partial charge in [-0.1, -0.05) is 7.43 Å². The molecule has 0 aromatic carbocycles. The van der Waals surface area contributed by atoms with Crippen molar-refractivity contribution in [3.63, 3.8) is 0 Å². The summed E-state index contributed by atoms with van der Waals surface area (Å²) in [6, 6.07) is 2.49. The lowest BCUT2D eigenvalue weighted by Crippen LogP contribution is -2.10. The lowest BCUT2D eigenvalue weighted by molar-refractivity contribution is 0.0527. The van der Waals surface area contributed by atoms with Crippen LogP contribution in [0.4, 0.5) is 16.0 Å². The molecule has 0 spiro atoms. The average molecular weight is 281 g/mol. The van der Waals surface area contributed by atoms with Gasteiger partial charge in [-0.25, -0.2) is 14.2 Å². The first kappa shape index (κ1) is 15.4. The molecule has 0 unspecified atom stereocenters. The third-order valence-electron chi connectivity index (χ3n) is 2.38. The maximum Gasteiger partial charge on any atom is 0.343 e. The number of hydrogen-bond donors (Lipinski definition) is 2. The second-order valence-corrected chi connectivity index (χ2v) is 3.61. The van der Waals surface area contributed by atoms with Crippen molar-refractivity contribution in [2.24, 2.45) is 0 Å². The van der Waals surface area contributed by atoms with Gasteiger partial charge in [0, 0.05) is 0 Å². The van der Waals surface area contributed by atoms with Crippen molar-refractivity contribution in [1.29, 1.82) is 0 Å². The first-order valence-corrected chi connectivity index (χ1v) is 5.47. The highest BCUT2D eigenvalue weighted by Crippen LogP contribution is 2.18. The number of nitrogen functional groups attached to an aromatic ring is 2. The summed E-state index contributed by atoms with van der Waals surface area (Å²) >= 11 is 0. The van der Waals surface area contributed by atoms with Crippen molar-refractivity contribution in [3.8, 4) is 5.82 Å². The molecule has 0 fully saturated rings. The molecule has 4 N–H and O–H groups in total. The zero-order chi connectivity index (χ0) is 14.0. The molecule has 0 amide bonds. The van der Waals surface area contributed by atoms with E-state index < -0.39 is 11.8 Å². The maximum absolute atomic E-state index is 13.0. The molecule has 108 valence electrons. The fourth-order valence-electron chi connectivity index (χ4n) is 1.47. The predicted molar refractivity (Wildman–Crippen MR) is 72.8 cm³/mol. The third-order valence-corrected chi connectivity index (χ3v) is 2.38. The van der Waals surface area contributed by atoms with Crippen LogP contribution in [0.25, 0.3) is 5.82 Å². The molecule has 0 aliphatic heterocycles. The van der Waals surface area contributed by atoms with Crippen molar-refractivity contribution < 1.29 is 13.9 Å². The Morgan fingerprint density at radius 1 is 1.45 bits per heavy atom. The Balaban J connectivity index is 0.00000200. The van der Waals surface area contributed by atoms with Crippen LogP contribution in [0.1, 0.15) is 24.7 Å². The molecule has 0 atom stereocenters. The maximum atomic E-state index is 13.0. The molecule has 2 heterocycles. The molecular weight excluding hydrogens is 265 g/mol. The Labute approximate surface area is 115 Å². The zero-order valence-electron chi connectivity index (χ0n) is 10.1. The average Bonchev–Trinajstić information content (AvgIpc) is 2.75. The van der Waals surface area contributed by atoms with Crippen LogP contribution >= 0.6 is 0 Å². The van der Waals surface area contributed by atoms with E-state index in [-0.39, 0.29) is 37.1 Å². The zero-order valence-corrected chi connectivity index (χ0v) is 10.1. The number of pyridine rings is 1. The standard InChI is InChI=1S/C11H12FN5O2.CH4/c1-2-19-11(18)6-5-15-17(10(6)14)8-4-3-7(12)9(13)16-8;/h3-5H,2,14H2,1H3,(H2,13,16);1H4. The van der Waals surface area contributed by atoms with Gasteiger partial charge in [0.15, 0.2) is 17.5 Å². The summed E-state index contributed by atoms with van der Waals surface area (Å²) in [5.41, 5.74) is 11.3. The smallest absolute Gasteiger partial charge is 0.343 e. The number of nitrogens with two attached hydrogens (primary N) is 2. The molecule has 0 aliphatic carbocycles. The Morgan fingerprint density at radius 3 is 2.75 bits per heavy atom. The monoisotopic (exact) mass is 281 g/mol. The number of rotatable bonds is 3. The van der Waals surface area contributed by atoms with Crippen LogP contribution in [0.2, 0.25) is 0 Å². The fourth-order valence-corrected chi connectivity index (χ4v) is 1.47. The minimum absolute atomic E-state index is 0. The summed E-state index contributed by atoms with van der Waals surface area (Å²) in [6.07, 6.45) is 1.26. The molecule has 0 radical (unpaired) electrons. The Bertz CT molecular complexity index is 626. The SMILES string of the molecule is C.CCOC(=O)c1cnn(-c2ccc(F)c(N)n2)c1N. The summed E-state index contributed by atoms with van der Waals surface area (Å²) < 4.78 is 19.0. The molecule has 8 heteroatoms. The van der Waals surface area contributed by atoms with Gasteiger partial charge in [0.25, 0.3) is 0 Å². The van der Waals surface area contributed by atoms with E-state index in [1.165, 1.54) is 16.9 Å². The van der Waals surface area contributed by atoms with Crippen molar-refractivity contribution >= 4 is 17.6 Å². The highest BCUT2D eigenvalue weighted by Gasteiger charge is 2.18. The third kappa shape index (κ3) is 2.68. The molecule has 2 rings (SSSR count). The van der Waals surface area contributed by atoms with Gasteiger partial charge in [-0.15, -0.1) is 0 Å². The summed E-state index contributed by atoms with van der Waals surface area (Å²) in [5, 5.41) is 3.91. The van der Waals surface area contributed by atoms with Gasteiger partial charge in [0.05, 0.1) is 12.8 Å². The van der Waals surface area contributed by atoms with Gasteiger partial charge in [0.1, 0.15) is 11.4 Å². The van der Waals surface area contributed by atoms with E-state index in [4.69, 9.17) is 16.2 Å². The normalized spacial score (nSPS) is 9.90. The second kappa shape index (κ2) is 6.00. The molecule has 20 heavy (non-hydrogen) atoms. The minimum atomic E-state index is -0.639. The number of ether oxygens (including phenoxy) is 1. The van der Waals surface area contributed by atoms with Gasteiger partial charge < -0.3 is 16.2 Å². The van der Waals surface area contributed by atoms with Crippen LogP contribution in [0.3, 0.4) is 0 Å². The van der Waals surface area contributed by atoms with Crippen LogP contribution in [-0.4, -0.2) is 27.3 Å². The van der Waals surface area contributed by atoms with Crippen LogP contribution < -0.4 is 11.5 Å². The number of halogens is 1. The molecule has 0 saturated carbocycles. The molecular formula is C12H16FN5O2. The van der Waals surface area contributed by atoms with Crippen LogP contribution in [-0.2, 0) is 4.74 Å². The topological polar surface area (TPSA) is 109 Å². The van der Waals surface area contributed by atoms with Crippen molar-refractivity contribution in [1.82, 2.24) is 14.8 Å². The number of nitrogens with zero attached hydrogens (tertiary/aromatic N) is 3. The quantitative estimate of drug-likeness (QED) is 0.823. The number of carbonyl (C=O) groups excluding carboxylic acids is 1. The molecule has 2 aromatic rings. The Morgan fingerprint density at radius 2 is 2.15 bits per heavy atom. The minimum Gasteiger partial charge on any atom is -0.462 e. The Hall–Kier alpha value is -2.64. The molecule has 0 aliphatic rings. The Kier molecular flexibility index (Phi) is 4.63. The van der Waals surface area contributed by atoms with Crippen LogP contribution in [0.15, 0.2) is 18.3 Å². The largest absolute Gasteiger partial charge is 0.462 e. The first-order valence-electron chi connectivity index (χ1n) is 5.47. The summed E-state index contributed by atoms with van der Waals surface area (Å²) in [6.45, 7) is 1.91. The van der Waals surface area contributed by atoms with Gasteiger partial charge in [-0.3, -0.25) is 0 Å². The van der Waals surface area contributed by atoms with E-state index >= 15 is 0 Å². The van der Waals surface area contributed by atoms with Gasteiger partial charge in [-0.2, -0.15) is 9.78 Å². The van der Waals surface area contributed by atoms with Crippen molar-refractivity contribution in [3.05, 3.63) is 29.7 Å². The lowest BCUT2D eigenvalue weighted by Gasteiger charge is -2.05. The molecule has 2 aromatic heterocycles. The number of anilines is 2. The highest BCUT2D eigenvalue weighted by atomic mass is 19.1. The fraction of sp³-hybridized carbons (Fsp3) is 0.250. The van der Waals surface area contributed by atoms with E-state index in [9.17, 15) is 9.18 Å². The number of carbonyl (C=O) groups is 1. The predicted octanol–water partition coefficient (Wildman–Crippen LogP) is 1.38. The summed E-state index contributed by atoms with van der Waals surface area (Å²) in [5.74, 6) is -1.23. The van der Waals surface area contributed by atoms with E-state index in [0.29, 0.717) is 0 Å². The first-order chi connectivity index (χ1) is 9.04. The molecule has 0 saturated heterocycles. The van der Waals surface area contributed by atoms with E-state index in [1.807, 2.05) is 0 Å².